The Morgan fingerprint density at radius 2 is 1.67 bits per heavy atom. The Bertz CT molecular complexity index is 1200. The molecule has 1 saturated carbocycles. The van der Waals surface area contributed by atoms with E-state index in [0.717, 1.165) is 64.5 Å². The minimum Gasteiger partial charge on any atom is -0.352 e. The van der Waals surface area contributed by atoms with Gasteiger partial charge >= 0.3 is 0 Å². The number of hydrogen-bond acceptors (Lipinski definition) is 3. The molecule has 0 radical (unpaired) electrons. The molecule has 0 spiro atoms. The Morgan fingerprint density at radius 1 is 0.949 bits per heavy atom. The van der Waals surface area contributed by atoms with Gasteiger partial charge in [-0.2, -0.15) is 0 Å². The Kier molecular flexibility index (Phi) is 11.3. The molecular formula is C33H39ClN2O2S. The third-order valence-corrected chi connectivity index (χ3v) is 8.63. The largest absolute Gasteiger partial charge is 0.352 e. The highest BCUT2D eigenvalue weighted by Gasteiger charge is 2.31. The zero-order chi connectivity index (χ0) is 27.5. The molecule has 1 N–H and O–H groups in total. The number of nitrogens with zero attached hydrogens (tertiary/aromatic N) is 1. The van der Waals surface area contributed by atoms with Crippen molar-refractivity contribution >= 4 is 35.2 Å². The first-order valence-corrected chi connectivity index (χ1v) is 15.4. The van der Waals surface area contributed by atoms with Crippen LogP contribution >= 0.6 is 23.4 Å². The van der Waals surface area contributed by atoms with Crippen molar-refractivity contribution in [1.29, 1.82) is 0 Å². The molecule has 4 rings (SSSR count). The zero-order valence-electron chi connectivity index (χ0n) is 22.8. The fraction of sp³-hybridized carbons (Fsp3) is 0.394. The molecule has 4 nitrogen and oxygen atoms in total. The summed E-state index contributed by atoms with van der Waals surface area (Å²) in [6.07, 6.45) is 7.17. The van der Waals surface area contributed by atoms with Gasteiger partial charge in [-0.1, -0.05) is 91.0 Å². The highest BCUT2D eigenvalue weighted by molar-refractivity contribution is 7.99. The van der Waals surface area contributed by atoms with Crippen molar-refractivity contribution in [3.63, 3.8) is 0 Å². The lowest BCUT2D eigenvalue weighted by atomic mass is 9.94. The third-order valence-electron chi connectivity index (χ3n) is 7.28. The minimum atomic E-state index is -0.564. The summed E-state index contributed by atoms with van der Waals surface area (Å²) >= 11 is 7.73. The van der Waals surface area contributed by atoms with Crippen LogP contribution < -0.4 is 5.32 Å². The SMILES string of the molecule is Cc1cccc(CN(C(=O)CCCSc2ccc(Cl)cc2)C(Cc2ccccc2)C(=O)NC2CCCCC2)c1. The van der Waals surface area contributed by atoms with Gasteiger partial charge in [-0.05, 0) is 67.3 Å². The molecule has 1 aliphatic rings. The van der Waals surface area contributed by atoms with Crippen LogP contribution in [0.4, 0.5) is 0 Å². The maximum Gasteiger partial charge on any atom is 0.243 e. The highest BCUT2D eigenvalue weighted by Crippen LogP contribution is 2.23. The monoisotopic (exact) mass is 562 g/mol. The molecule has 1 atom stereocenters. The summed E-state index contributed by atoms with van der Waals surface area (Å²) in [4.78, 5) is 30.6. The maximum atomic E-state index is 13.8. The molecule has 206 valence electrons. The van der Waals surface area contributed by atoms with Crippen LogP contribution in [-0.4, -0.2) is 34.6 Å². The Labute approximate surface area is 242 Å². The van der Waals surface area contributed by atoms with Crippen LogP contribution in [0.15, 0.2) is 83.8 Å². The molecule has 6 heteroatoms. The predicted molar refractivity (Wildman–Crippen MR) is 162 cm³/mol. The van der Waals surface area contributed by atoms with E-state index in [0.29, 0.717) is 19.4 Å². The van der Waals surface area contributed by atoms with Crippen molar-refractivity contribution in [2.45, 2.75) is 81.8 Å². The topological polar surface area (TPSA) is 49.4 Å². The molecule has 3 aromatic rings. The fourth-order valence-electron chi connectivity index (χ4n) is 5.19. The zero-order valence-corrected chi connectivity index (χ0v) is 24.4. The van der Waals surface area contributed by atoms with Gasteiger partial charge in [0, 0.05) is 35.3 Å². The fourth-order valence-corrected chi connectivity index (χ4v) is 6.17. The lowest BCUT2D eigenvalue weighted by Gasteiger charge is -2.33. The van der Waals surface area contributed by atoms with Crippen molar-refractivity contribution in [3.05, 3.63) is 101 Å². The molecule has 0 aliphatic heterocycles. The molecule has 1 aliphatic carbocycles. The number of amides is 2. The number of carbonyl (C=O) groups excluding carboxylic acids is 2. The van der Waals surface area contributed by atoms with E-state index in [1.807, 2.05) is 71.6 Å². The van der Waals surface area contributed by atoms with Crippen LogP contribution in [0, 0.1) is 6.92 Å². The van der Waals surface area contributed by atoms with Gasteiger partial charge in [0.15, 0.2) is 0 Å². The number of carbonyl (C=O) groups is 2. The third kappa shape index (κ3) is 9.44. The van der Waals surface area contributed by atoms with Gasteiger partial charge in [0.2, 0.25) is 11.8 Å². The highest BCUT2D eigenvalue weighted by atomic mass is 35.5. The van der Waals surface area contributed by atoms with Crippen LogP contribution in [0.25, 0.3) is 0 Å². The smallest absolute Gasteiger partial charge is 0.243 e. The summed E-state index contributed by atoms with van der Waals surface area (Å²) in [5.74, 6) is 0.804. The Balaban J connectivity index is 1.51. The molecular weight excluding hydrogens is 524 g/mol. The number of halogens is 1. The van der Waals surface area contributed by atoms with Crippen LogP contribution in [0.3, 0.4) is 0 Å². The quantitative estimate of drug-likeness (QED) is 0.182. The number of aryl methyl sites for hydroxylation is 1. The van der Waals surface area contributed by atoms with Crippen LogP contribution in [0.5, 0.6) is 0 Å². The number of nitrogens with one attached hydrogen (secondary N) is 1. The first kappa shape index (κ1) is 29.2. The van der Waals surface area contributed by atoms with Gasteiger partial charge in [-0.3, -0.25) is 9.59 Å². The number of thioether (sulfide) groups is 1. The average Bonchev–Trinajstić information content (AvgIpc) is 2.95. The summed E-state index contributed by atoms with van der Waals surface area (Å²) in [5, 5.41) is 4.04. The molecule has 3 aromatic carbocycles. The van der Waals surface area contributed by atoms with E-state index in [2.05, 4.69) is 24.4 Å². The van der Waals surface area contributed by atoms with E-state index < -0.39 is 6.04 Å². The summed E-state index contributed by atoms with van der Waals surface area (Å²) in [7, 11) is 0. The van der Waals surface area contributed by atoms with Gasteiger partial charge < -0.3 is 10.2 Å². The number of benzene rings is 3. The summed E-state index contributed by atoms with van der Waals surface area (Å²) in [6, 6.07) is 25.7. The van der Waals surface area contributed by atoms with Crippen LogP contribution in [0.2, 0.25) is 5.02 Å². The second-order valence-electron chi connectivity index (χ2n) is 10.5. The van der Waals surface area contributed by atoms with Crippen LogP contribution in [0.1, 0.15) is 61.6 Å². The lowest BCUT2D eigenvalue weighted by molar-refractivity contribution is -0.141. The van der Waals surface area contributed by atoms with Gasteiger partial charge in [0.05, 0.1) is 0 Å². The predicted octanol–water partition coefficient (Wildman–Crippen LogP) is 7.61. The Hall–Kier alpha value is -2.76. The number of hydrogen-bond donors (Lipinski definition) is 1. The molecule has 1 fully saturated rings. The van der Waals surface area contributed by atoms with Crippen molar-refractivity contribution in [2.24, 2.45) is 0 Å². The molecule has 0 aromatic heterocycles. The van der Waals surface area contributed by atoms with Crippen molar-refractivity contribution in [2.75, 3.05) is 5.75 Å². The maximum absolute atomic E-state index is 13.8. The summed E-state index contributed by atoms with van der Waals surface area (Å²) in [6.45, 7) is 2.47. The van der Waals surface area contributed by atoms with E-state index in [9.17, 15) is 9.59 Å². The van der Waals surface area contributed by atoms with Gasteiger partial charge in [0.1, 0.15) is 6.04 Å². The second-order valence-corrected chi connectivity index (χ2v) is 12.1. The van der Waals surface area contributed by atoms with E-state index in [1.165, 1.54) is 6.42 Å². The van der Waals surface area contributed by atoms with Crippen molar-refractivity contribution in [3.8, 4) is 0 Å². The molecule has 1 unspecified atom stereocenters. The van der Waals surface area contributed by atoms with E-state index in [4.69, 9.17) is 11.6 Å². The van der Waals surface area contributed by atoms with Gasteiger partial charge in [-0.25, -0.2) is 0 Å². The lowest BCUT2D eigenvalue weighted by Crippen LogP contribution is -2.52. The molecule has 0 bridgehead atoms. The van der Waals surface area contributed by atoms with Crippen molar-refractivity contribution < 1.29 is 9.59 Å². The molecule has 0 heterocycles. The first-order chi connectivity index (χ1) is 19.0. The van der Waals surface area contributed by atoms with E-state index >= 15 is 0 Å². The standard InChI is InChI=1S/C33H39ClN2O2S/c1-25-10-8-13-27(22-25)24-36(32(37)16-9-21-39-30-19-17-28(34)18-20-30)31(23-26-11-4-2-5-12-26)33(38)35-29-14-6-3-7-15-29/h2,4-5,8,10-13,17-20,22,29,31H,3,6-7,9,14-16,21,23-24H2,1H3,(H,35,38). The minimum absolute atomic E-state index is 0.0212. The van der Waals surface area contributed by atoms with Gasteiger partial charge in [0.25, 0.3) is 0 Å². The van der Waals surface area contributed by atoms with E-state index in [-0.39, 0.29) is 17.9 Å². The normalized spacial score (nSPS) is 14.5. The molecule has 2 amide bonds. The number of rotatable bonds is 12. The molecule has 0 saturated heterocycles. The molecule has 39 heavy (non-hydrogen) atoms. The second kappa shape index (κ2) is 15.1. The van der Waals surface area contributed by atoms with Crippen LogP contribution in [-0.2, 0) is 22.6 Å². The summed E-state index contributed by atoms with van der Waals surface area (Å²) < 4.78 is 0. The Morgan fingerprint density at radius 3 is 2.38 bits per heavy atom. The van der Waals surface area contributed by atoms with E-state index in [1.54, 1.807) is 11.8 Å². The average molecular weight is 563 g/mol. The first-order valence-electron chi connectivity index (χ1n) is 14.1. The van der Waals surface area contributed by atoms with Gasteiger partial charge in [-0.15, -0.1) is 11.8 Å². The van der Waals surface area contributed by atoms with Crippen molar-refractivity contribution in [1.82, 2.24) is 10.2 Å². The summed E-state index contributed by atoms with van der Waals surface area (Å²) in [5.41, 5.74) is 3.24.